The van der Waals surface area contributed by atoms with Crippen LogP contribution in [0.4, 0.5) is 0 Å². The summed E-state index contributed by atoms with van der Waals surface area (Å²) in [5.74, 6) is 0. The summed E-state index contributed by atoms with van der Waals surface area (Å²) in [6.07, 6.45) is 10.1. The van der Waals surface area contributed by atoms with Gasteiger partial charge in [0.05, 0.1) is 0 Å². The van der Waals surface area contributed by atoms with Gasteiger partial charge >= 0.3 is 0 Å². The second-order valence-corrected chi connectivity index (χ2v) is 3.95. The summed E-state index contributed by atoms with van der Waals surface area (Å²) in [4.78, 5) is 0. The van der Waals surface area contributed by atoms with E-state index in [-0.39, 0.29) is 0 Å². The zero-order valence-corrected chi connectivity index (χ0v) is 9.73. The molecule has 2 N–H and O–H groups in total. The van der Waals surface area contributed by atoms with Gasteiger partial charge in [0.2, 0.25) is 0 Å². The van der Waals surface area contributed by atoms with Crippen LogP contribution in [-0.4, -0.2) is 24.8 Å². The molecule has 0 aliphatic carbocycles. The summed E-state index contributed by atoms with van der Waals surface area (Å²) in [7, 11) is 0. The molecule has 0 bridgehead atoms. The van der Waals surface area contributed by atoms with E-state index >= 15 is 0 Å². The van der Waals surface area contributed by atoms with Gasteiger partial charge in [-0.15, -0.1) is 0 Å². The second kappa shape index (κ2) is 12.9. The Hall–Kier alpha value is -0.0800. The lowest BCUT2D eigenvalue weighted by molar-refractivity contribution is 0.283. The molecule has 0 saturated carbocycles. The molecule has 0 saturated heterocycles. The first-order valence-electron chi connectivity index (χ1n) is 6.23. The Labute approximate surface area is 89.1 Å². The maximum absolute atomic E-state index is 8.57. The maximum atomic E-state index is 8.57. The first-order valence-corrected chi connectivity index (χ1v) is 6.23. The second-order valence-electron chi connectivity index (χ2n) is 3.95. The first-order chi connectivity index (χ1) is 6.91. The van der Waals surface area contributed by atoms with Gasteiger partial charge in [-0.3, -0.25) is 0 Å². The van der Waals surface area contributed by atoms with E-state index < -0.39 is 0 Å². The monoisotopic (exact) mass is 201 g/mol. The summed E-state index contributed by atoms with van der Waals surface area (Å²) in [5.41, 5.74) is 0. The van der Waals surface area contributed by atoms with Crippen molar-refractivity contribution in [1.29, 1.82) is 0 Å². The van der Waals surface area contributed by atoms with E-state index in [0.717, 1.165) is 19.4 Å². The van der Waals surface area contributed by atoms with Crippen LogP contribution >= 0.6 is 0 Å². The van der Waals surface area contributed by atoms with Gasteiger partial charge in [-0.25, -0.2) is 0 Å². The normalized spacial score (nSPS) is 10.7. The van der Waals surface area contributed by atoms with Crippen LogP contribution in [0.5, 0.6) is 0 Å². The van der Waals surface area contributed by atoms with Crippen molar-refractivity contribution in [3.63, 3.8) is 0 Å². The van der Waals surface area contributed by atoms with Gasteiger partial charge in [0.1, 0.15) is 0 Å². The third-order valence-corrected chi connectivity index (χ3v) is 2.47. The fourth-order valence-corrected chi connectivity index (χ4v) is 1.52. The van der Waals surface area contributed by atoms with Crippen LogP contribution in [-0.2, 0) is 0 Å². The van der Waals surface area contributed by atoms with E-state index in [0.29, 0.717) is 6.61 Å². The molecule has 0 aromatic rings. The van der Waals surface area contributed by atoms with Crippen molar-refractivity contribution in [2.45, 2.75) is 58.3 Å². The molecule has 14 heavy (non-hydrogen) atoms. The molecule has 0 amide bonds. The van der Waals surface area contributed by atoms with Gasteiger partial charge < -0.3 is 10.4 Å². The fourth-order valence-electron chi connectivity index (χ4n) is 1.52. The van der Waals surface area contributed by atoms with Crippen LogP contribution in [0.1, 0.15) is 58.3 Å². The largest absolute Gasteiger partial charge is 0.396 e. The van der Waals surface area contributed by atoms with E-state index in [1.54, 1.807) is 0 Å². The average Bonchev–Trinajstić information content (AvgIpc) is 2.21. The summed E-state index contributed by atoms with van der Waals surface area (Å²) >= 11 is 0. The number of aliphatic hydroxyl groups is 1. The Balaban J connectivity index is 2.78. The van der Waals surface area contributed by atoms with E-state index in [9.17, 15) is 0 Å². The predicted molar refractivity (Wildman–Crippen MR) is 62.6 cm³/mol. The minimum Gasteiger partial charge on any atom is -0.396 e. The summed E-state index contributed by atoms with van der Waals surface area (Å²) in [6, 6.07) is 0. The van der Waals surface area contributed by atoms with Crippen molar-refractivity contribution >= 4 is 0 Å². The molecule has 0 fully saturated rings. The lowest BCUT2D eigenvalue weighted by Crippen LogP contribution is -2.16. The predicted octanol–water partition coefficient (Wildman–Crippen LogP) is 2.71. The Morgan fingerprint density at radius 1 is 0.786 bits per heavy atom. The summed E-state index contributed by atoms with van der Waals surface area (Å²) in [6.45, 7) is 4.88. The summed E-state index contributed by atoms with van der Waals surface area (Å²) in [5, 5.41) is 12.0. The molecule has 86 valence electrons. The molecule has 0 heterocycles. The molecule has 0 radical (unpaired) electrons. The third kappa shape index (κ3) is 11.9. The molecule has 0 unspecified atom stereocenters. The van der Waals surface area contributed by atoms with E-state index in [4.69, 9.17) is 5.11 Å². The van der Waals surface area contributed by atoms with E-state index in [1.807, 2.05) is 0 Å². The highest BCUT2D eigenvalue weighted by Gasteiger charge is 1.90. The van der Waals surface area contributed by atoms with Gasteiger partial charge in [0.15, 0.2) is 0 Å². The number of rotatable bonds is 11. The van der Waals surface area contributed by atoms with Gasteiger partial charge in [0, 0.05) is 6.61 Å². The SMILES string of the molecule is CCCCCCCNCCCCCO. The molecule has 0 rings (SSSR count). The minimum absolute atomic E-state index is 0.344. The standard InChI is InChI=1S/C12H27NO/c1-2-3-4-5-7-10-13-11-8-6-9-12-14/h13-14H,2-12H2,1H3. The average molecular weight is 201 g/mol. The third-order valence-electron chi connectivity index (χ3n) is 2.47. The topological polar surface area (TPSA) is 32.3 Å². The maximum Gasteiger partial charge on any atom is 0.0431 e. The smallest absolute Gasteiger partial charge is 0.0431 e. The molecule has 2 nitrogen and oxygen atoms in total. The Morgan fingerprint density at radius 2 is 1.36 bits per heavy atom. The molecule has 2 heteroatoms. The van der Waals surface area contributed by atoms with Crippen LogP contribution in [0, 0.1) is 0 Å². The lowest BCUT2D eigenvalue weighted by atomic mass is 10.1. The van der Waals surface area contributed by atoms with E-state index in [2.05, 4.69) is 12.2 Å². The first kappa shape index (κ1) is 13.9. The fraction of sp³-hybridized carbons (Fsp3) is 1.00. The Kier molecular flexibility index (Phi) is 12.8. The molecule has 0 spiro atoms. The van der Waals surface area contributed by atoms with Crippen molar-refractivity contribution in [1.82, 2.24) is 5.32 Å². The van der Waals surface area contributed by atoms with Crippen molar-refractivity contribution in [2.75, 3.05) is 19.7 Å². The molecule has 0 atom stereocenters. The molecular weight excluding hydrogens is 174 g/mol. The van der Waals surface area contributed by atoms with Gasteiger partial charge in [0.25, 0.3) is 0 Å². The highest BCUT2D eigenvalue weighted by molar-refractivity contribution is 4.50. The Morgan fingerprint density at radius 3 is 1.93 bits per heavy atom. The number of unbranched alkanes of at least 4 members (excludes halogenated alkanes) is 6. The van der Waals surface area contributed by atoms with Crippen molar-refractivity contribution < 1.29 is 5.11 Å². The number of hydrogen-bond donors (Lipinski definition) is 2. The van der Waals surface area contributed by atoms with Crippen molar-refractivity contribution in [2.24, 2.45) is 0 Å². The van der Waals surface area contributed by atoms with Crippen LogP contribution in [0.2, 0.25) is 0 Å². The highest BCUT2D eigenvalue weighted by Crippen LogP contribution is 2.01. The van der Waals surface area contributed by atoms with Gasteiger partial charge in [-0.2, -0.15) is 0 Å². The molecule has 0 aliphatic rings. The number of aliphatic hydroxyl groups excluding tert-OH is 1. The van der Waals surface area contributed by atoms with Crippen LogP contribution in [0.25, 0.3) is 0 Å². The minimum atomic E-state index is 0.344. The van der Waals surface area contributed by atoms with Crippen LogP contribution < -0.4 is 5.32 Å². The van der Waals surface area contributed by atoms with Gasteiger partial charge in [-0.05, 0) is 38.8 Å². The zero-order chi connectivity index (χ0) is 10.5. The lowest BCUT2D eigenvalue weighted by Gasteiger charge is -2.03. The quantitative estimate of drug-likeness (QED) is 0.504. The van der Waals surface area contributed by atoms with Crippen LogP contribution in [0.3, 0.4) is 0 Å². The van der Waals surface area contributed by atoms with E-state index in [1.165, 1.54) is 45.1 Å². The van der Waals surface area contributed by atoms with Crippen LogP contribution in [0.15, 0.2) is 0 Å². The van der Waals surface area contributed by atoms with Gasteiger partial charge in [-0.1, -0.05) is 32.6 Å². The zero-order valence-electron chi connectivity index (χ0n) is 9.73. The van der Waals surface area contributed by atoms with Crippen molar-refractivity contribution in [3.05, 3.63) is 0 Å². The number of nitrogens with one attached hydrogen (secondary N) is 1. The van der Waals surface area contributed by atoms with Crippen molar-refractivity contribution in [3.8, 4) is 0 Å². The summed E-state index contributed by atoms with van der Waals surface area (Å²) < 4.78 is 0. The Bertz CT molecular complexity index is 84.3. The molecule has 0 aliphatic heterocycles. The molecular formula is C12H27NO. The molecule has 0 aromatic heterocycles. The molecule has 0 aromatic carbocycles. The highest BCUT2D eigenvalue weighted by atomic mass is 16.2. The number of hydrogen-bond acceptors (Lipinski definition) is 2.